The van der Waals surface area contributed by atoms with Crippen LogP contribution in [0.15, 0.2) is 48.5 Å². The number of rotatable bonds is 20. The molecule has 2 rings (SSSR count). The van der Waals surface area contributed by atoms with Crippen LogP contribution in [0.2, 0.25) is 38.8 Å². The molecule has 0 N–H and O–H groups in total. The molecule has 0 aromatic heterocycles. The number of ether oxygens (including phenoxy) is 2. The Labute approximate surface area is 304 Å². The molecule has 0 saturated heterocycles. The van der Waals surface area contributed by atoms with Gasteiger partial charge in [0, 0.05) is 6.42 Å². The predicted octanol–water partition coefficient (Wildman–Crippen LogP) is 11.3. The fourth-order valence-corrected chi connectivity index (χ4v) is 16.7. The lowest BCUT2D eigenvalue weighted by molar-refractivity contribution is -0.131. The molecule has 0 amide bonds. The predicted molar refractivity (Wildman–Crippen MR) is 203 cm³/mol. The van der Waals surface area contributed by atoms with E-state index in [0.29, 0.717) is 51.5 Å². The molecule has 0 aliphatic carbocycles. The van der Waals surface area contributed by atoms with Crippen LogP contribution in [-0.4, -0.2) is 45.1 Å². The van der Waals surface area contributed by atoms with Crippen molar-refractivity contribution < 1.29 is 39.7 Å². The van der Waals surface area contributed by atoms with E-state index in [1.54, 1.807) is 6.55 Å². The first-order valence-corrected chi connectivity index (χ1v) is 26.0. The van der Waals surface area contributed by atoms with Crippen LogP contribution in [-0.2, 0) is 53.0 Å². The molecular weight excluding hydrogens is 694 g/mol. The highest BCUT2D eigenvalue weighted by molar-refractivity contribution is 6.85. The zero-order valence-electron chi connectivity index (χ0n) is 33.0. The zero-order valence-corrected chi connectivity index (χ0v) is 36.0. The Morgan fingerprint density at radius 2 is 0.840 bits per heavy atom. The van der Waals surface area contributed by atoms with E-state index in [1.807, 2.05) is 74.7 Å². The minimum absolute atomic E-state index is 0.190. The minimum Gasteiger partial charge on any atom is -0.415 e. The fourth-order valence-electron chi connectivity index (χ4n) is 4.78. The van der Waals surface area contributed by atoms with Crippen LogP contribution in [0.4, 0.5) is 13.2 Å². The van der Waals surface area contributed by atoms with Crippen molar-refractivity contribution in [1.82, 2.24) is 0 Å². The number of hydrogen-bond acceptors (Lipinski definition) is 6. The normalized spacial score (nSPS) is 15.9. The lowest BCUT2D eigenvalue weighted by Gasteiger charge is -2.40. The summed E-state index contributed by atoms with van der Waals surface area (Å²) in [6.45, 7) is 29.8. The van der Waals surface area contributed by atoms with Crippen LogP contribution in [0.1, 0.15) is 84.1 Å². The molecule has 286 valence electrons. The van der Waals surface area contributed by atoms with Crippen molar-refractivity contribution >= 4 is 25.7 Å². The maximum atomic E-state index is 13.4. The van der Waals surface area contributed by atoms with Gasteiger partial charge in [0.05, 0.1) is 39.6 Å². The highest BCUT2D eigenvalue weighted by Crippen LogP contribution is 2.32. The first-order chi connectivity index (χ1) is 22.8. The van der Waals surface area contributed by atoms with Gasteiger partial charge in [0.25, 0.3) is 0 Å². The monoisotopic (exact) mass is 758 g/mol. The Morgan fingerprint density at radius 1 is 0.540 bits per heavy atom. The summed E-state index contributed by atoms with van der Waals surface area (Å²) in [4.78, 5) is 0. The summed E-state index contributed by atoms with van der Waals surface area (Å²) in [7, 11) is -9.19. The molecule has 6 nitrogen and oxygen atoms in total. The maximum Gasteiger partial charge on any atom is 0.389 e. The molecule has 0 aliphatic heterocycles. The average Bonchev–Trinajstić information content (AvgIpc) is 2.97. The first-order valence-electron chi connectivity index (χ1n) is 17.8. The van der Waals surface area contributed by atoms with Crippen LogP contribution in [0, 0.1) is 22.7 Å². The largest absolute Gasteiger partial charge is 0.415 e. The lowest BCUT2D eigenvalue weighted by Crippen LogP contribution is -2.56. The summed E-state index contributed by atoms with van der Waals surface area (Å²) in [6, 6.07) is 15.8. The van der Waals surface area contributed by atoms with Gasteiger partial charge in [0.15, 0.2) is 0 Å². The Kier molecular flexibility index (Phi) is 16.7. The smallest absolute Gasteiger partial charge is 0.389 e. The maximum absolute atomic E-state index is 13.4. The number of halogens is 3. The van der Waals surface area contributed by atoms with Gasteiger partial charge in [0.2, 0.25) is 0 Å². The summed E-state index contributed by atoms with van der Waals surface area (Å²) in [5.74, 6) is 0.874. The quantitative estimate of drug-likeness (QED) is 0.125. The summed E-state index contributed by atoms with van der Waals surface area (Å²) in [5, 5.41) is 0. The summed E-state index contributed by atoms with van der Waals surface area (Å²) in [5.41, 5.74) is 4.43. The second kappa shape index (κ2) is 18.6. The molecule has 50 heavy (non-hydrogen) atoms. The molecule has 0 fully saturated rings. The highest BCUT2D eigenvalue weighted by Gasteiger charge is 2.47. The van der Waals surface area contributed by atoms with E-state index in [0.717, 1.165) is 22.3 Å². The van der Waals surface area contributed by atoms with Gasteiger partial charge in [-0.2, -0.15) is 13.2 Å². The summed E-state index contributed by atoms with van der Waals surface area (Å²) >= 11 is 0. The van der Waals surface area contributed by atoms with Crippen molar-refractivity contribution in [3.63, 3.8) is 0 Å². The molecular formula is C38H65F3O6Si3. The molecule has 0 bridgehead atoms. The third-order valence-electron chi connectivity index (χ3n) is 9.23. The standard InChI is InChI=1S/C38H65F3O6Si3/c1-30(36(3,4)5)24-42-26-32-14-18-34(19-15-32)28-44-48(9,10)46-50(13,23-22-38(39,40)41)47-49(11,12)45-29-35-20-16-33(17-21-35)27-43-25-31(2)37(6,7)8/h14-21,30-31H,22-29H2,1-13H3. The van der Waals surface area contributed by atoms with E-state index in [2.05, 4.69) is 55.4 Å². The van der Waals surface area contributed by atoms with Gasteiger partial charge in [-0.15, -0.1) is 0 Å². The molecule has 0 heterocycles. The van der Waals surface area contributed by atoms with Crippen LogP contribution >= 0.6 is 0 Å². The van der Waals surface area contributed by atoms with E-state index >= 15 is 0 Å². The van der Waals surface area contributed by atoms with E-state index in [9.17, 15) is 13.2 Å². The molecule has 12 heteroatoms. The van der Waals surface area contributed by atoms with Gasteiger partial charge in [-0.3, -0.25) is 0 Å². The summed E-state index contributed by atoms with van der Waals surface area (Å²) < 4.78 is 77.8. The van der Waals surface area contributed by atoms with Gasteiger partial charge in [-0.05, 0) is 83.7 Å². The van der Waals surface area contributed by atoms with Crippen LogP contribution in [0.5, 0.6) is 0 Å². The SMILES string of the molecule is CC(COCc1ccc(CO[Si](C)(C)O[Si](C)(CCC(F)(F)F)O[Si](C)(C)OCc2ccc(COCC(C)C(C)(C)C)cc2)cc1)C(C)(C)C. The highest BCUT2D eigenvalue weighted by atomic mass is 28.5. The molecule has 2 atom stereocenters. The van der Waals surface area contributed by atoms with E-state index < -0.39 is 38.3 Å². The Balaban J connectivity index is 1.97. The van der Waals surface area contributed by atoms with Crippen LogP contribution in [0.3, 0.4) is 0 Å². The second-order valence-electron chi connectivity index (χ2n) is 17.0. The zero-order chi connectivity index (χ0) is 38.0. The van der Waals surface area contributed by atoms with Crippen molar-refractivity contribution in [2.24, 2.45) is 22.7 Å². The Hall–Kier alpha value is -1.36. The van der Waals surface area contributed by atoms with Gasteiger partial charge >= 0.3 is 31.9 Å². The van der Waals surface area contributed by atoms with Crippen molar-refractivity contribution in [2.45, 2.75) is 133 Å². The lowest BCUT2D eigenvalue weighted by atomic mass is 9.83. The van der Waals surface area contributed by atoms with E-state index in [-0.39, 0.29) is 16.9 Å². The minimum atomic E-state index is -4.33. The summed E-state index contributed by atoms with van der Waals surface area (Å²) in [6.07, 6.45) is -5.31. The van der Waals surface area contributed by atoms with E-state index in [1.165, 1.54) is 0 Å². The molecule has 0 radical (unpaired) electrons. The van der Waals surface area contributed by atoms with Gasteiger partial charge in [0.1, 0.15) is 0 Å². The first kappa shape index (κ1) is 44.8. The van der Waals surface area contributed by atoms with Gasteiger partial charge in [-0.1, -0.05) is 104 Å². The molecule has 2 aromatic carbocycles. The molecule has 2 unspecified atom stereocenters. The third-order valence-corrected chi connectivity index (χ3v) is 19.5. The van der Waals surface area contributed by atoms with Crippen molar-refractivity contribution in [3.8, 4) is 0 Å². The molecule has 0 spiro atoms. The average molecular weight is 759 g/mol. The Morgan fingerprint density at radius 3 is 1.12 bits per heavy atom. The second-order valence-corrected chi connectivity index (χ2v) is 27.6. The van der Waals surface area contributed by atoms with Crippen LogP contribution < -0.4 is 0 Å². The topological polar surface area (TPSA) is 55.4 Å². The fraction of sp³-hybridized carbons (Fsp3) is 0.684. The number of benzene rings is 2. The van der Waals surface area contributed by atoms with Crippen molar-refractivity contribution in [3.05, 3.63) is 70.8 Å². The van der Waals surface area contributed by atoms with Crippen molar-refractivity contribution in [1.29, 1.82) is 0 Å². The van der Waals surface area contributed by atoms with Crippen molar-refractivity contribution in [2.75, 3.05) is 13.2 Å². The van der Waals surface area contributed by atoms with Crippen LogP contribution in [0.25, 0.3) is 0 Å². The molecule has 0 saturated carbocycles. The number of hydrogen-bond donors (Lipinski definition) is 0. The molecule has 0 aliphatic rings. The number of alkyl halides is 3. The third kappa shape index (κ3) is 17.9. The Bertz CT molecular complexity index is 1190. The van der Waals surface area contributed by atoms with Gasteiger partial charge in [-0.25, -0.2) is 0 Å². The molecule has 2 aromatic rings. The van der Waals surface area contributed by atoms with E-state index in [4.69, 9.17) is 26.6 Å². The van der Waals surface area contributed by atoms with Gasteiger partial charge < -0.3 is 26.6 Å².